The minimum Gasteiger partial charge on any atom is -0.339 e. The summed E-state index contributed by atoms with van der Waals surface area (Å²) in [6.45, 7) is 2.64. The maximum atomic E-state index is 13.0. The van der Waals surface area contributed by atoms with Gasteiger partial charge in [-0.2, -0.15) is 0 Å². The van der Waals surface area contributed by atoms with Crippen molar-refractivity contribution in [3.8, 4) is 0 Å². The van der Waals surface area contributed by atoms with E-state index in [1.54, 1.807) is 41.7 Å². The lowest BCUT2D eigenvalue weighted by molar-refractivity contribution is -0.132. The first-order valence-corrected chi connectivity index (χ1v) is 12.0. The summed E-state index contributed by atoms with van der Waals surface area (Å²) in [5.74, 6) is -0.0631. The molecule has 0 bridgehead atoms. The van der Waals surface area contributed by atoms with Crippen molar-refractivity contribution in [2.75, 3.05) is 31.5 Å². The minimum absolute atomic E-state index is 0.0873. The van der Waals surface area contributed by atoms with Crippen LogP contribution in [0.5, 0.6) is 0 Å². The lowest BCUT2D eigenvalue weighted by atomic mass is 10.1. The molecule has 182 valence electrons. The number of nitrogens with zero attached hydrogens (tertiary/aromatic N) is 4. The second-order valence-electron chi connectivity index (χ2n) is 8.69. The van der Waals surface area contributed by atoms with E-state index in [0.29, 0.717) is 56.8 Å². The van der Waals surface area contributed by atoms with Gasteiger partial charge in [-0.25, -0.2) is 4.98 Å². The van der Waals surface area contributed by atoms with E-state index in [1.807, 2.05) is 33.9 Å². The number of aryl methyl sites for hydroxylation is 2. The normalized spacial score (nSPS) is 13.5. The van der Waals surface area contributed by atoms with Gasteiger partial charge in [0, 0.05) is 69.2 Å². The number of aromatic nitrogens is 2. The third kappa shape index (κ3) is 7.02. The Bertz CT molecular complexity index is 1120. The molecule has 0 radical (unpaired) electrons. The van der Waals surface area contributed by atoms with Crippen LogP contribution in [-0.2, 0) is 22.6 Å². The smallest absolute Gasteiger partial charge is 0.254 e. The molecule has 3 amide bonds. The Morgan fingerprint density at radius 2 is 1.66 bits per heavy atom. The summed E-state index contributed by atoms with van der Waals surface area (Å²) in [5.41, 5.74) is 2.37. The fourth-order valence-electron chi connectivity index (χ4n) is 4.19. The molecule has 0 aliphatic carbocycles. The number of piperazine rings is 1. The minimum atomic E-state index is -0.123. The zero-order valence-corrected chi connectivity index (χ0v) is 19.8. The van der Waals surface area contributed by atoms with Crippen molar-refractivity contribution in [1.82, 2.24) is 19.4 Å². The maximum absolute atomic E-state index is 13.0. The summed E-state index contributed by atoms with van der Waals surface area (Å²) in [4.78, 5) is 45.5. The molecule has 8 heteroatoms. The summed E-state index contributed by atoms with van der Waals surface area (Å²) < 4.78 is 1.84. The molecule has 8 nitrogen and oxygen atoms in total. The third-order valence-corrected chi connectivity index (χ3v) is 6.17. The number of hydrogen-bond donors (Lipinski definition) is 1. The van der Waals surface area contributed by atoms with Crippen LogP contribution in [0.2, 0.25) is 0 Å². The molecule has 1 aliphatic heterocycles. The van der Waals surface area contributed by atoms with Gasteiger partial charge < -0.3 is 19.7 Å². The molecular formula is C27H31N5O3. The summed E-state index contributed by atoms with van der Waals surface area (Å²) in [6.07, 6.45) is 7.70. The molecule has 2 aromatic carbocycles. The van der Waals surface area contributed by atoms with E-state index in [4.69, 9.17) is 0 Å². The summed E-state index contributed by atoms with van der Waals surface area (Å²) in [7, 11) is 0. The number of carbonyl (C=O) groups excluding carboxylic acids is 3. The van der Waals surface area contributed by atoms with Crippen molar-refractivity contribution in [3.63, 3.8) is 0 Å². The quantitative estimate of drug-likeness (QED) is 0.517. The van der Waals surface area contributed by atoms with Gasteiger partial charge >= 0.3 is 0 Å². The molecule has 1 aromatic heterocycles. The molecule has 0 saturated carbocycles. The van der Waals surface area contributed by atoms with Gasteiger partial charge in [0.2, 0.25) is 11.8 Å². The van der Waals surface area contributed by atoms with Crippen molar-refractivity contribution in [3.05, 3.63) is 84.4 Å². The number of carbonyl (C=O) groups is 3. The largest absolute Gasteiger partial charge is 0.339 e. The van der Waals surface area contributed by atoms with Gasteiger partial charge in [-0.15, -0.1) is 0 Å². The van der Waals surface area contributed by atoms with Gasteiger partial charge in [-0.3, -0.25) is 14.4 Å². The molecule has 0 unspecified atom stereocenters. The lowest BCUT2D eigenvalue weighted by Crippen LogP contribution is -2.50. The Hall–Kier alpha value is -3.94. The van der Waals surface area contributed by atoms with Crippen LogP contribution in [0.4, 0.5) is 5.69 Å². The van der Waals surface area contributed by atoms with Crippen LogP contribution in [0.15, 0.2) is 73.3 Å². The van der Waals surface area contributed by atoms with E-state index in [-0.39, 0.29) is 17.7 Å². The van der Waals surface area contributed by atoms with Crippen LogP contribution in [0.3, 0.4) is 0 Å². The summed E-state index contributed by atoms with van der Waals surface area (Å²) >= 11 is 0. The summed E-state index contributed by atoms with van der Waals surface area (Å²) in [6, 6.07) is 17.2. The number of imidazole rings is 1. The average molecular weight is 474 g/mol. The number of hydrogen-bond acceptors (Lipinski definition) is 4. The van der Waals surface area contributed by atoms with E-state index in [0.717, 1.165) is 12.8 Å². The molecule has 35 heavy (non-hydrogen) atoms. The van der Waals surface area contributed by atoms with Gasteiger partial charge in [0.15, 0.2) is 0 Å². The molecule has 1 aliphatic rings. The Balaban J connectivity index is 1.22. The molecule has 1 saturated heterocycles. The predicted octanol–water partition coefficient (Wildman–Crippen LogP) is 3.22. The third-order valence-electron chi connectivity index (χ3n) is 6.17. The van der Waals surface area contributed by atoms with E-state index in [2.05, 4.69) is 22.4 Å². The second kappa shape index (κ2) is 12.0. The molecule has 4 rings (SSSR count). The molecular weight excluding hydrogens is 442 g/mol. The first kappa shape index (κ1) is 24.2. The fraction of sp³-hybridized carbons (Fsp3) is 0.333. The van der Waals surface area contributed by atoms with Crippen molar-refractivity contribution in [2.45, 2.75) is 32.2 Å². The fourth-order valence-corrected chi connectivity index (χ4v) is 4.19. The highest BCUT2D eigenvalue weighted by Gasteiger charge is 2.24. The Morgan fingerprint density at radius 1 is 0.886 bits per heavy atom. The highest BCUT2D eigenvalue weighted by atomic mass is 16.2. The van der Waals surface area contributed by atoms with Crippen LogP contribution >= 0.6 is 0 Å². The number of amides is 3. The first-order valence-electron chi connectivity index (χ1n) is 12.0. The van der Waals surface area contributed by atoms with E-state index >= 15 is 0 Å². The zero-order chi connectivity index (χ0) is 24.5. The van der Waals surface area contributed by atoms with Crippen molar-refractivity contribution in [1.29, 1.82) is 0 Å². The van der Waals surface area contributed by atoms with Gasteiger partial charge in [-0.05, 0) is 36.6 Å². The number of nitrogens with one attached hydrogen (secondary N) is 1. The topological polar surface area (TPSA) is 87.5 Å². The van der Waals surface area contributed by atoms with Crippen LogP contribution in [-0.4, -0.2) is 63.3 Å². The summed E-state index contributed by atoms with van der Waals surface area (Å²) in [5, 5.41) is 2.86. The number of anilines is 1. The van der Waals surface area contributed by atoms with E-state index in [1.165, 1.54) is 5.56 Å². The van der Waals surface area contributed by atoms with Crippen molar-refractivity contribution >= 4 is 23.4 Å². The number of benzene rings is 2. The van der Waals surface area contributed by atoms with E-state index in [9.17, 15) is 14.4 Å². The lowest BCUT2D eigenvalue weighted by Gasteiger charge is -2.35. The molecule has 1 fully saturated rings. The monoisotopic (exact) mass is 473 g/mol. The Morgan fingerprint density at radius 3 is 2.40 bits per heavy atom. The Kier molecular flexibility index (Phi) is 8.27. The van der Waals surface area contributed by atoms with Crippen LogP contribution in [0, 0.1) is 0 Å². The highest BCUT2D eigenvalue weighted by molar-refractivity contribution is 5.97. The molecule has 0 spiro atoms. The molecule has 2 heterocycles. The van der Waals surface area contributed by atoms with Crippen molar-refractivity contribution < 1.29 is 14.4 Å². The number of rotatable bonds is 9. The SMILES string of the molecule is O=C(CCn1ccnc1)Nc1cccc(C(=O)N2CCN(C(=O)CCCc3ccccc3)CC2)c1. The highest BCUT2D eigenvalue weighted by Crippen LogP contribution is 2.16. The van der Waals surface area contributed by atoms with Crippen LogP contribution in [0.1, 0.15) is 35.2 Å². The van der Waals surface area contributed by atoms with Crippen molar-refractivity contribution in [2.24, 2.45) is 0 Å². The maximum Gasteiger partial charge on any atom is 0.254 e. The van der Waals surface area contributed by atoms with Gasteiger partial charge in [-0.1, -0.05) is 36.4 Å². The molecule has 1 N–H and O–H groups in total. The Labute approximate surface area is 205 Å². The van der Waals surface area contributed by atoms with Gasteiger partial charge in [0.1, 0.15) is 0 Å². The molecule has 3 aromatic rings. The van der Waals surface area contributed by atoms with Gasteiger partial charge in [0.05, 0.1) is 6.33 Å². The first-order chi connectivity index (χ1) is 17.1. The van der Waals surface area contributed by atoms with Crippen LogP contribution < -0.4 is 5.32 Å². The van der Waals surface area contributed by atoms with Crippen LogP contribution in [0.25, 0.3) is 0 Å². The second-order valence-corrected chi connectivity index (χ2v) is 8.69. The average Bonchev–Trinajstić information content (AvgIpc) is 3.42. The van der Waals surface area contributed by atoms with Gasteiger partial charge in [0.25, 0.3) is 5.91 Å². The molecule has 0 atom stereocenters. The predicted molar refractivity (Wildman–Crippen MR) is 134 cm³/mol. The zero-order valence-electron chi connectivity index (χ0n) is 19.8. The standard InChI is InChI=1S/C27H31N5O3/c33-25(12-14-30-15-13-28-21-30)29-24-10-5-9-23(20-24)27(35)32-18-16-31(17-19-32)26(34)11-4-8-22-6-2-1-3-7-22/h1-3,5-7,9-10,13,15,20-21H,4,8,11-12,14,16-19H2,(H,29,33). The van der Waals surface area contributed by atoms with E-state index < -0.39 is 0 Å².